The molecular formula is C68H119O11P. The summed E-state index contributed by atoms with van der Waals surface area (Å²) in [5.74, 6) is -1.49. The molecule has 0 aliphatic rings. The number of aliphatic hydroxyl groups excluding tert-OH is 1. The number of esters is 3. The Hall–Kier alpha value is -3.34. The maximum atomic E-state index is 13.0. The normalized spacial score (nSPS) is 13.8. The van der Waals surface area contributed by atoms with Gasteiger partial charge in [0.2, 0.25) is 0 Å². The van der Waals surface area contributed by atoms with Crippen LogP contribution in [0, 0.1) is 0 Å². The summed E-state index contributed by atoms with van der Waals surface area (Å²) >= 11 is 0. The molecule has 0 amide bonds. The molecule has 0 radical (unpaired) electrons. The molecule has 3 unspecified atom stereocenters. The fourth-order valence-electron chi connectivity index (χ4n) is 8.84. The van der Waals surface area contributed by atoms with Crippen LogP contribution in [0.4, 0.5) is 0 Å². The smallest absolute Gasteiger partial charge is 0.462 e. The molecule has 3 atom stereocenters. The Morgan fingerprint density at radius 2 is 0.650 bits per heavy atom. The Morgan fingerprint density at radius 1 is 0.362 bits per heavy atom. The maximum Gasteiger partial charge on any atom is 0.472 e. The second kappa shape index (κ2) is 61.7. The molecule has 0 aliphatic carbocycles. The Kier molecular flexibility index (Phi) is 59.1. The molecule has 0 rings (SSSR count). The summed E-state index contributed by atoms with van der Waals surface area (Å²) < 4.78 is 39.7. The number of allylic oxidation sites excluding steroid dienone is 14. The predicted octanol–water partition coefficient (Wildman–Crippen LogP) is 19.8. The number of aliphatic hydroxyl groups is 1. The van der Waals surface area contributed by atoms with Crippen LogP contribution in [0.1, 0.15) is 290 Å². The highest BCUT2D eigenvalue weighted by Gasteiger charge is 2.28. The van der Waals surface area contributed by atoms with E-state index < -0.39 is 57.8 Å². The standard InChI is InChI=1S/C68H119O11P/c1-4-7-10-13-16-19-22-25-28-31-32-35-38-41-44-47-50-53-56-59-68(72)79-65(61-75-66(70)57-54-51-48-45-42-39-36-33-29-26-23-20-17-14-11-8-5-2)63-77-80(73,74)76-62-64(60-69)78-67(71)58-55-52-49-46-43-40-37-34-30-27-24-21-18-15-12-9-6-3/h7,10,16-17,19-20,25-30,32,35,64-65,69H,4-6,8-9,11-15,18,21-24,31,33-34,36-63H2,1-3H3,(H,73,74)/b10-7-,19-16-,20-17-,28-25-,29-26-,30-27-,35-32-. The van der Waals surface area contributed by atoms with Crippen LogP contribution in [0.25, 0.3) is 0 Å². The number of hydrogen-bond acceptors (Lipinski definition) is 10. The molecule has 2 N–H and O–H groups in total. The molecule has 0 bridgehead atoms. The lowest BCUT2D eigenvalue weighted by Gasteiger charge is -2.21. The average molecular weight is 1140 g/mol. The second-order valence-corrected chi connectivity index (χ2v) is 23.0. The molecule has 0 spiro atoms. The van der Waals surface area contributed by atoms with Crippen molar-refractivity contribution in [2.24, 2.45) is 0 Å². The molecule has 12 heteroatoms. The van der Waals surface area contributed by atoms with E-state index in [1.54, 1.807) is 0 Å². The molecule has 11 nitrogen and oxygen atoms in total. The van der Waals surface area contributed by atoms with Crippen LogP contribution in [-0.4, -0.2) is 66.5 Å². The van der Waals surface area contributed by atoms with Crippen molar-refractivity contribution in [3.8, 4) is 0 Å². The van der Waals surface area contributed by atoms with Crippen LogP contribution in [0.3, 0.4) is 0 Å². The van der Waals surface area contributed by atoms with Crippen LogP contribution in [-0.2, 0) is 42.2 Å². The Morgan fingerprint density at radius 3 is 1.04 bits per heavy atom. The number of unbranched alkanes of at least 4 members (excludes halogenated alkanes) is 29. The summed E-state index contributed by atoms with van der Waals surface area (Å²) in [7, 11) is -4.76. The predicted molar refractivity (Wildman–Crippen MR) is 334 cm³/mol. The van der Waals surface area contributed by atoms with E-state index in [1.807, 2.05) is 0 Å². The van der Waals surface area contributed by atoms with E-state index in [0.29, 0.717) is 19.3 Å². The lowest BCUT2D eigenvalue weighted by molar-refractivity contribution is -0.161. The largest absolute Gasteiger partial charge is 0.472 e. The van der Waals surface area contributed by atoms with Gasteiger partial charge in [0.25, 0.3) is 0 Å². The minimum Gasteiger partial charge on any atom is -0.462 e. The van der Waals surface area contributed by atoms with Crippen molar-refractivity contribution < 1.29 is 52.2 Å². The highest BCUT2D eigenvalue weighted by Crippen LogP contribution is 2.43. The first-order chi connectivity index (χ1) is 39.2. The minimum atomic E-state index is -4.76. The van der Waals surface area contributed by atoms with Gasteiger partial charge in [-0.2, -0.15) is 0 Å². The van der Waals surface area contributed by atoms with E-state index >= 15 is 0 Å². The first kappa shape index (κ1) is 76.7. The van der Waals surface area contributed by atoms with Crippen LogP contribution in [0.5, 0.6) is 0 Å². The first-order valence-electron chi connectivity index (χ1n) is 32.5. The van der Waals surface area contributed by atoms with Crippen molar-refractivity contribution in [3.63, 3.8) is 0 Å². The van der Waals surface area contributed by atoms with Crippen LogP contribution in [0.2, 0.25) is 0 Å². The van der Waals surface area contributed by atoms with Gasteiger partial charge in [-0.05, 0) is 116 Å². The van der Waals surface area contributed by atoms with Crippen molar-refractivity contribution in [1.29, 1.82) is 0 Å². The molecule has 0 saturated heterocycles. The van der Waals surface area contributed by atoms with Gasteiger partial charge in [0.05, 0.1) is 19.8 Å². The highest BCUT2D eigenvalue weighted by molar-refractivity contribution is 7.47. The summed E-state index contributed by atoms with van der Waals surface area (Å²) in [4.78, 5) is 48.8. The Labute approximate surface area is 490 Å². The van der Waals surface area contributed by atoms with Gasteiger partial charge in [-0.1, -0.05) is 241 Å². The van der Waals surface area contributed by atoms with E-state index in [0.717, 1.165) is 122 Å². The van der Waals surface area contributed by atoms with Crippen LogP contribution >= 0.6 is 7.82 Å². The molecule has 0 heterocycles. The average Bonchev–Trinajstić information content (AvgIpc) is 3.45. The summed E-state index contributed by atoms with van der Waals surface area (Å²) in [6.07, 6.45) is 72.4. The molecule has 0 aliphatic heterocycles. The molecule has 0 fully saturated rings. The monoisotopic (exact) mass is 1140 g/mol. The summed E-state index contributed by atoms with van der Waals surface area (Å²) in [5.41, 5.74) is 0. The van der Waals surface area contributed by atoms with Gasteiger partial charge in [-0.25, -0.2) is 4.57 Å². The number of carbonyl (C=O) groups excluding carboxylic acids is 3. The molecule has 0 saturated carbocycles. The highest BCUT2D eigenvalue weighted by atomic mass is 31.2. The molecule has 462 valence electrons. The van der Waals surface area contributed by atoms with Crippen LogP contribution < -0.4 is 0 Å². The van der Waals surface area contributed by atoms with Gasteiger partial charge in [0, 0.05) is 19.3 Å². The summed E-state index contributed by atoms with van der Waals surface area (Å²) in [6, 6.07) is 0. The van der Waals surface area contributed by atoms with E-state index in [1.165, 1.54) is 109 Å². The van der Waals surface area contributed by atoms with Gasteiger partial charge in [0.15, 0.2) is 6.10 Å². The topological polar surface area (TPSA) is 155 Å². The number of hydrogen-bond donors (Lipinski definition) is 2. The van der Waals surface area contributed by atoms with E-state index in [2.05, 4.69) is 106 Å². The SMILES string of the molecule is CC/C=C\C/C=C\C/C=C\C/C=C\CCCCCCCCC(=O)OC(COC(=O)CCCCCCCCC/C=C\C/C=C\CCCCC)COP(=O)(O)OCC(CO)OC(=O)CCCCCCCCC/C=C\CCCCCCCC. The summed E-state index contributed by atoms with van der Waals surface area (Å²) in [6.45, 7) is 4.51. The Bertz CT molecular complexity index is 1670. The van der Waals surface area contributed by atoms with Gasteiger partial charge in [-0.3, -0.25) is 23.4 Å². The zero-order valence-corrected chi connectivity index (χ0v) is 52.2. The molecule has 0 aromatic heterocycles. The van der Waals surface area contributed by atoms with Crippen molar-refractivity contribution in [1.82, 2.24) is 0 Å². The fourth-order valence-corrected chi connectivity index (χ4v) is 9.63. The third kappa shape index (κ3) is 59.3. The quantitative estimate of drug-likeness (QED) is 0.0197. The van der Waals surface area contributed by atoms with Gasteiger partial charge in [0.1, 0.15) is 12.7 Å². The van der Waals surface area contributed by atoms with E-state index in [4.69, 9.17) is 23.3 Å². The van der Waals surface area contributed by atoms with Crippen molar-refractivity contribution in [2.75, 3.05) is 26.4 Å². The third-order valence-corrected chi connectivity index (χ3v) is 14.7. The number of phosphoric acid groups is 1. The first-order valence-corrected chi connectivity index (χ1v) is 34.0. The number of ether oxygens (including phenoxy) is 3. The summed E-state index contributed by atoms with van der Waals surface area (Å²) in [5, 5.41) is 9.86. The number of phosphoric ester groups is 1. The van der Waals surface area contributed by atoms with E-state index in [-0.39, 0.29) is 25.9 Å². The Balaban J connectivity index is 4.73. The van der Waals surface area contributed by atoms with E-state index in [9.17, 15) is 28.9 Å². The fraction of sp³-hybridized carbons (Fsp3) is 0.750. The zero-order chi connectivity index (χ0) is 58.3. The second-order valence-electron chi connectivity index (χ2n) is 21.5. The molecular weight excluding hydrogens is 1020 g/mol. The van der Waals surface area contributed by atoms with Crippen molar-refractivity contribution in [2.45, 2.75) is 303 Å². The lowest BCUT2D eigenvalue weighted by atomic mass is 10.1. The molecule has 0 aromatic carbocycles. The van der Waals surface area contributed by atoms with Gasteiger partial charge in [-0.15, -0.1) is 0 Å². The van der Waals surface area contributed by atoms with Crippen LogP contribution in [0.15, 0.2) is 85.1 Å². The number of rotatable bonds is 60. The van der Waals surface area contributed by atoms with Gasteiger partial charge >= 0.3 is 25.7 Å². The molecule has 0 aromatic rings. The maximum absolute atomic E-state index is 13.0. The minimum absolute atomic E-state index is 0.147. The zero-order valence-electron chi connectivity index (χ0n) is 51.3. The van der Waals surface area contributed by atoms with Gasteiger partial charge < -0.3 is 24.2 Å². The van der Waals surface area contributed by atoms with Crippen molar-refractivity contribution >= 4 is 25.7 Å². The molecule has 80 heavy (non-hydrogen) atoms. The van der Waals surface area contributed by atoms with Crippen molar-refractivity contribution in [3.05, 3.63) is 85.1 Å². The number of carbonyl (C=O) groups is 3. The lowest BCUT2D eigenvalue weighted by Crippen LogP contribution is -2.30. The third-order valence-electron chi connectivity index (χ3n) is 13.8.